The van der Waals surface area contributed by atoms with Gasteiger partial charge in [-0.3, -0.25) is 0 Å². The Balaban J connectivity index is 1.89. The summed E-state index contributed by atoms with van der Waals surface area (Å²) in [5, 5.41) is 4.80. The van der Waals surface area contributed by atoms with Gasteiger partial charge in [0.15, 0.2) is 0 Å². The van der Waals surface area contributed by atoms with Crippen LogP contribution in [-0.4, -0.2) is 30.2 Å². The molecular weight excluding hydrogens is 294 g/mol. The summed E-state index contributed by atoms with van der Waals surface area (Å²) < 4.78 is 0. The van der Waals surface area contributed by atoms with E-state index >= 15 is 0 Å². The maximum absolute atomic E-state index is 4.90. The Labute approximate surface area is 143 Å². The van der Waals surface area contributed by atoms with Crippen LogP contribution in [0, 0.1) is 0 Å². The fraction of sp³-hybridized carbons (Fsp3) is 0.286. The minimum atomic E-state index is 0.468. The van der Waals surface area contributed by atoms with Gasteiger partial charge in [0, 0.05) is 41.8 Å². The molecule has 1 N–H and O–H groups in total. The number of nitrogens with zero attached hydrogens (tertiary/aromatic N) is 2. The number of aromatic nitrogens is 1. The summed E-state index contributed by atoms with van der Waals surface area (Å²) in [6, 6.07) is 22.1. The molecule has 0 bridgehead atoms. The number of hydrogen-bond donors (Lipinski definition) is 1. The molecule has 0 saturated carbocycles. The third-order valence-corrected chi connectivity index (χ3v) is 4.84. The van der Waals surface area contributed by atoms with Crippen LogP contribution in [0.1, 0.15) is 13.8 Å². The molecule has 2 aromatic carbocycles. The predicted molar refractivity (Wildman–Crippen MR) is 101 cm³/mol. The Morgan fingerprint density at radius 1 is 1.00 bits per heavy atom. The monoisotopic (exact) mass is 317 g/mol. The van der Waals surface area contributed by atoms with E-state index < -0.39 is 0 Å². The molecule has 3 heteroatoms. The number of pyridine rings is 1. The molecule has 0 aliphatic carbocycles. The summed E-state index contributed by atoms with van der Waals surface area (Å²) in [5.41, 5.74) is 4.57. The Kier molecular flexibility index (Phi) is 3.95. The summed E-state index contributed by atoms with van der Waals surface area (Å²) in [7, 11) is 0. The van der Waals surface area contributed by atoms with Gasteiger partial charge in [-0.25, -0.2) is 4.98 Å². The topological polar surface area (TPSA) is 28.2 Å². The first-order valence-electron chi connectivity index (χ1n) is 8.67. The zero-order valence-corrected chi connectivity index (χ0v) is 14.2. The van der Waals surface area contributed by atoms with E-state index in [4.69, 9.17) is 4.98 Å². The number of fused-ring (bicyclic) bond motifs is 1. The molecule has 3 aromatic rings. The molecule has 1 saturated heterocycles. The summed E-state index contributed by atoms with van der Waals surface area (Å²) in [5.74, 6) is 0. The lowest BCUT2D eigenvalue weighted by Gasteiger charge is -2.40. The molecule has 2 heterocycles. The number of benzene rings is 2. The van der Waals surface area contributed by atoms with Gasteiger partial charge in [-0.05, 0) is 26.0 Å². The lowest BCUT2D eigenvalue weighted by molar-refractivity contribution is 0.426. The lowest BCUT2D eigenvalue weighted by Crippen LogP contribution is -2.54. The molecule has 1 aliphatic rings. The lowest BCUT2D eigenvalue weighted by atomic mass is 10.0. The first-order valence-corrected chi connectivity index (χ1v) is 8.67. The van der Waals surface area contributed by atoms with Gasteiger partial charge in [-0.1, -0.05) is 48.5 Å². The highest BCUT2D eigenvalue weighted by molar-refractivity contribution is 5.94. The van der Waals surface area contributed by atoms with Crippen LogP contribution in [0.3, 0.4) is 0 Å². The van der Waals surface area contributed by atoms with Crippen molar-refractivity contribution in [2.75, 3.05) is 18.0 Å². The molecule has 2 unspecified atom stereocenters. The maximum Gasteiger partial charge on any atom is 0.0730 e. The van der Waals surface area contributed by atoms with Gasteiger partial charge in [-0.2, -0.15) is 0 Å². The van der Waals surface area contributed by atoms with E-state index in [9.17, 15) is 0 Å². The predicted octanol–water partition coefficient (Wildman–Crippen LogP) is 4.09. The van der Waals surface area contributed by atoms with E-state index in [1.165, 1.54) is 16.6 Å². The van der Waals surface area contributed by atoms with Crippen molar-refractivity contribution >= 4 is 16.6 Å². The summed E-state index contributed by atoms with van der Waals surface area (Å²) >= 11 is 0. The van der Waals surface area contributed by atoms with E-state index in [2.05, 4.69) is 78.7 Å². The standard InChI is InChI=1S/C21H23N3/c1-15-14-24(16(2)13-22-15)21-12-20(17-8-4-3-5-9-17)23-19-11-7-6-10-18(19)21/h3-12,15-16,22H,13-14H2,1-2H3. The van der Waals surface area contributed by atoms with Gasteiger partial charge in [0.25, 0.3) is 0 Å². The summed E-state index contributed by atoms with van der Waals surface area (Å²) in [6.07, 6.45) is 0. The second-order valence-electron chi connectivity index (χ2n) is 6.72. The number of anilines is 1. The second kappa shape index (κ2) is 6.25. The SMILES string of the molecule is CC1CN(c2cc(-c3ccccc3)nc3ccccc23)C(C)CN1. The van der Waals surface area contributed by atoms with Crippen molar-refractivity contribution in [3.63, 3.8) is 0 Å². The highest BCUT2D eigenvalue weighted by Gasteiger charge is 2.24. The van der Waals surface area contributed by atoms with Crippen LogP contribution in [0.4, 0.5) is 5.69 Å². The smallest absolute Gasteiger partial charge is 0.0730 e. The number of rotatable bonds is 2. The van der Waals surface area contributed by atoms with Crippen LogP contribution < -0.4 is 10.2 Å². The van der Waals surface area contributed by atoms with Crippen molar-refractivity contribution in [3.8, 4) is 11.3 Å². The van der Waals surface area contributed by atoms with E-state index in [0.29, 0.717) is 12.1 Å². The van der Waals surface area contributed by atoms with E-state index in [0.717, 1.165) is 24.3 Å². The molecule has 24 heavy (non-hydrogen) atoms. The van der Waals surface area contributed by atoms with Crippen LogP contribution in [0.25, 0.3) is 22.2 Å². The van der Waals surface area contributed by atoms with Crippen LogP contribution >= 0.6 is 0 Å². The van der Waals surface area contributed by atoms with Crippen molar-refractivity contribution in [2.45, 2.75) is 25.9 Å². The highest BCUT2D eigenvalue weighted by Crippen LogP contribution is 2.32. The minimum absolute atomic E-state index is 0.468. The third kappa shape index (κ3) is 2.76. The first kappa shape index (κ1) is 15.2. The second-order valence-corrected chi connectivity index (χ2v) is 6.72. The summed E-state index contributed by atoms with van der Waals surface area (Å²) in [6.45, 7) is 6.57. The van der Waals surface area contributed by atoms with Gasteiger partial charge >= 0.3 is 0 Å². The van der Waals surface area contributed by atoms with Crippen molar-refractivity contribution < 1.29 is 0 Å². The fourth-order valence-corrected chi connectivity index (χ4v) is 3.51. The third-order valence-electron chi connectivity index (χ3n) is 4.84. The molecule has 1 aliphatic heterocycles. The molecule has 0 spiro atoms. The van der Waals surface area contributed by atoms with Gasteiger partial charge in [-0.15, -0.1) is 0 Å². The first-order chi connectivity index (χ1) is 11.7. The minimum Gasteiger partial charge on any atom is -0.365 e. The Morgan fingerprint density at radius 3 is 2.58 bits per heavy atom. The average molecular weight is 317 g/mol. The van der Waals surface area contributed by atoms with Crippen LogP contribution in [-0.2, 0) is 0 Å². The zero-order valence-electron chi connectivity index (χ0n) is 14.2. The zero-order chi connectivity index (χ0) is 16.5. The van der Waals surface area contributed by atoms with Crippen molar-refractivity contribution in [1.82, 2.24) is 10.3 Å². The number of nitrogens with one attached hydrogen (secondary N) is 1. The van der Waals surface area contributed by atoms with Gasteiger partial charge in [0.2, 0.25) is 0 Å². The van der Waals surface area contributed by atoms with E-state index in [-0.39, 0.29) is 0 Å². The Morgan fingerprint density at radius 2 is 1.75 bits per heavy atom. The van der Waals surface area contributed by atoms with Crippen molar-refractivity contribution in [1.29, 1.82) is 0 Å². The van der Waals surface area contributed by atoms with Crippen LogP contribution in [0.2, 0.25) is 0 Å². The number of piperazine rings is 1. The van der Waals surface area contributed by atoms with Crippen molar-refractivity contribution in [2.24, 2.45) is 0 Å². The Hall–Kier alpha value is -2.39. The molecule has 2 atom stereocenters. The molecule has 1 fully saturated rings. The molecule has 1 aromatic heterocycles. The Bertz CT molecular complexity index is 844. The van der Waals surface area contributed by atoms with Crippen LogP contribution in [0.5, 0.6) is 0 Å². The highest BCUT2D eigenvalue weighted by atomic mass is 15.2. The van der Waals surface area contributed by atoms with E-state index in [1.54, 1.807) is 0 Å². The van der Waals surface area contributed by atoms with Gasteiger partial charge in [0.05, 0.1) is 11.2 Å². The number of hydrogen-bond acceptors (Lipinski definition) is 3. The normalized spacial score (nSPS) is 21.2. The fourth-order valence-electron chi connectivity index (χ4n) is 3.51. The largest absolute Gasteiger partial charge is 0.365 e. The molecule has 3 nitrogen and oxygen atoms in total. The molecular formula is C21H23N3. The molecule has 122 valence electrons. The number of para-hydroxylation sites is 1. The average Bonchev–Trinajstić information content (AvgIpc) is 2.63. The van der Waals surface area contributed by atoms with E-state index in [1.807, 2.05) is 6.07 Å². The van der Waals surface area contributed by atoms with Gasteiger partial charge < -0.3 is 10.2 Å². The van der Waals surface area contributed by atoms with Crippen molar-refractivity contribution in [3.05, 3.63) is 60.7 Å². The quantitative estimate of drug-likeness (QED) is 0.771. The van der Waals surface area contributed by atoms with Crippen LogP contribution in [0.15, 0.2) is 60.7 Å². The van der Waals surface area contributed by atoms with Gasteiger partial charge in [0.1, 0.15) is 0 Å². The molecule has 4 rings (SSSR count). The summed E-state index contributed by atoms with van der Waals surface area (Å²) in [4.78, 5) is 7.43. The maximum atomic E-state index is 4.90. The molecule has 0 radical (unpaired) electrons. The molecule has 0 amide bonds.